The lowest BCUT2D eigenvalue weighted by Gasteiger charge is -2.18. The average molecular weight is 296 g/mol. The average Bonchev–Trinajstić information content (AvgIpc) is 2.58. The van der Waals surface area contributed by atoms with Gasteiger partial charge in [-0.15, -0.1) is 0 Å². The predicted octanol–water partition coefficient (Wildman–Crippen LogP) is 3.06. The van der Waals surface area contributed by atoms with Gasteiger partial charge in [0.25, 0.3) is 0 Å². The van der Waals surface area contributed by atoms with Gasteiger partial charge in [0.1, 0.15) is 0 Å². The summed E-state index contributed by atoms with van der Waals surface area (Å²) in [6.45, 7) is 1.37. The van der Waals surface area contributed by atoms with Gasteiger partial charge in [0.15, 0.2) is 0 Å². The number of benzene rings is 2. The molecule has 0 radical (unpaired) electrons. The Balaban J connectivity index is 2.04. The third kappa shape index (κ3) is 5.01. The molecule has 0 bridgehead atoms. The van der Waals surface area contributed by atoms with Crippen LogP contribution in [0.1, 0.15) is 36.3 Å². The summed E-state index contributed by atoms with van der Waals surface area (Å²) in [5.41, 5.74) is 7.81. The molecule has 0 fully saturated rings. The van der Waals surface area contributed by atoms with Crippen LogP contribution in [0.15, 0.2) is 60.7 Å². The Labute approximate surface area is 132 Å². The van der Waals surface area contributed by atoms with Crippen LogP contribution in [-0.2, 0) is 4.79 Å². The van der Waals surface area contributed by atoms with Crippen molar-refractivity contribution in [3.63, 3.8) is 0 Å². The minimum absolute atomic E-state index is 0.0923. The van der Waals surface area contributed by atoms with Crippen molar-refractivity contribution < 1.29 is 4.79 Å². The summed E-state index contributed by atoms with van der Waals surface area (Å²) in [5.74, 6) is 0.187. The Kier molecular flexibility index (Phi) is 6.65. The fraction of sp³-hybridized carbons (Fsp3) is 0.316. The van der Waals surface area contributed by atoms with E-state index in [1.54, 1.807) is 0 Å². The number of carbonyl (C=O) groups is 1. The van der Waals surface area contributed by atoms with Crippen molar-refractivity contribution in [3.8, 4) is 0 Å². The highest BCUT2D eigenvalue weighted by molar-refractivity contribution is 5.77. The molecule has 1 amide bonds. The number of hydrogen-bond donors (Lipinski definition) is 2. The fourth-order valence-corrected chi connectivity index (χ4v) is 2.55. The molecule has 2 aromatic rings. The number of rotatable bonds is 8. The lowest BCUT2D eigenvalue weighted by molar-refractivity contribution is -0.121. The van der Waals surface area contributed by atoms with Gasteiger partial charge in [-0.2, -0.15) is 0 Å². The number of nitrogens with two attached hydrogens (primary N) is 1. The first-order valence-electron chi connectivity index (χ1n) is 7.88. The third-order valence-electron chi connectivity index (χ3n) is 3.75. The molecule has 0 aliphatic rings. The van der Waals surface area contributed by atoms with E-state index in [1.807, 2.05) is 36.4 Å². The van der Waals surface area contributed by atoms with Gasteiger partial charge in [0.2, 0.25) is 5.91 Å². The Bertz CT molecular complexity index is 515. The molecule has 0 aliphatic heterocycles. The molecule has 0 saturated carbocycles. The van der Waals surface area contributed by atoms with Crippen molar-refractivity contribution >= 4 is 5.91 Å². The summed E-state index contributed by atoms with van der Waals surface area (Å²) in [5, 5.41) is 2.99. The van der Waals surface area contributed by atoms with Crippen LogP contribution in [0, 0.1) is 0 Å². The summed E-state index contributed by atoms with van der Waals surface area (Å²) in [6.07, 6.45) is 2.35. The van der Waals surface area contributed by atoms with Gasteiger partial charge in [-0.05, 0) is 30.5 Å². The maximum absolute atomic E-state index is 12.2. The number of carbonyl (C=O) groups excluding carboxylic acids is 1. The van der Waals surface area contributed by atoms with Crippen molar-refractivity contribution in [1.29, 1.82) is 0 Å². The Hall–Kier alpha value is -2.13. The normalized spacial score (nSPS) is 10.6. The second-order valence-electron chi connectivity index (χ2n) is 5.42. The van der Waals surface area contributed by atoms with Gasteiger partial charge < -0.3 is 11.1 Å². The molecule has 0 atom stereocenters. The highest BCUT2D eigenvalue weighted by Gasteiger charge is 2.17. The van der Waals surface area contributed by atoms with Gasteiger partial charge in [-0.1, -0.05) is 60.7 Å². The first kappa shape index (κ1) is 16.2. The molecule has 0 aromatic heterocycles. The van der Waals surface area contributed by atoms with Gasteiger partial charge in [-0.3, -0.25) is 4.79 Å². The summed E-state index contributed by atoms with van der Waals surface area (Å²) in [6, 6.07) is 20.4. The first-order valence-corrected chi connectivity index (χ1v) is 7.88. The zero-order chi connectivity index (χ0) is 15.6. The van der Waals surface area contributed by atoms with Crippen molar-refractivity contribution in [1.82, 2.24) is 5.32 Å². The SMILES string of the molecule is NCCCCNC(=O)CC(c1ccccc1)c1ccccc1. The molecular formula is C19H24N2O. The van der Waals surface area contributed by atoms with Crippen LogP contribution < -0.4 is 11.1 Å². The van der Waals surface area contributed by atoms with Crippen molar-refractivity contribution in [2.24, 2.45) is 5.73 Å². The van der Waals surface area contributed by atoms with E-state index in [2.05, 4.69) is 29.6 Å². The number of amides is 1. The van der Waals surface area contributed by atoms with E-state index in [4.69, 9.17) is 5.73 Å². The van der Waals surface area contributed by atoms with Crippen LogP contribution in [0.2, 0.25) is 0 Å². The first-order chi connectivity index (χ1) is 10.8. The van der Waals surface area contributed by atoms with E-state index in [-0.39, 0.29) is 11.8 Å². The molecule has 3 N–H and O–H groups in total. The second kappa shape index (κ2) is 9.00. The summed E-state index contributed by atoms with van der Waals surface area (Å²) >= 11 is 0. The van der Waals surface area contributed by atoms with Crippen LogP contribution in [0.4, 0.5) is 0 Å². The van der Waals surface area contributed by atoms with E-state index in [1.165, 1.54) is 11.1 Å². The molecule has 2 aromatic carbocycles. The van der Waals surface area contributed by atoms with Crippen molar-refractivity contribution in [2.75, 3.05) is 13.1 Å². The Morgan fingerprint density at radius 2 is 1.45 bits per heavy atom. The molecule has 0 unspecified atom stereocenters. The number of hydrogen-bond acceptors (Lipinski definition) is 2. The number of unbranched alkanes of at least 4 members (excludes halogenated alkanes) is 1. The summed E-state index contributed by atoms with van der Waals surface area (Å²) in [4.78, 5) is 12.2. The molecular weight excluding hydrogens is 272 g/mol. The fourth-order valence-electron chi connectivity index (χ4n) is 2.55. The zero-order valence-corrected chi connectivity index (χ0v) is 12.9. The zero-order valence-electron chi connectivity index (χ0n) is 12.9. The van der Waals surface area contributed by atoms with E-state index >= 15 is 0 Å². The van der Waals surface area contributed by atoms with Crippen molar-refractivity contribution in [2.45, 2.75) is 25.2 Å². The van der Waals surface area contributed by atoms with Crippen LogP contribution >= 0.6 is 0 Å². The van der Waals surface area contributed by atoms with Crippen molar-refractivity contribution in [3.05, 3.63) is 71.8 Å². The minimum Gasteiger partial charge on any atom is -0.356 e. The monoisotopic (exact) mass is 296 g/mol. The van der Waals surface area contributed by atoms with Crippen LogP contribution in [-0.4, -0.2) is 19.0 Å². The van der Waals surface area contributed by atoms with Gasteiger partial charge in [-0.25, -0.2) is 0 Å². The molecule has 22 heavy (non-hydrogen) atoms. The Morgan fingerprint density at radius 3 is 1.95 bits per heavy atom. The van der Waals surface area contributed by atoms with Gasteiger partial charge in [0, 0.05) is 18.9 Å². The maximum atomic E-state index is 12.2. The summed E-state index contributed by atoms with van der Waals surface area (Å²) in [7, 11) is 0. The topological polar surface area (TPSA) is 55.1 Å². The lowest BCUT2D eigenvalue weighted by atomic mass is 9.88. The molecule has 0 aliphatic carbocycles. The molecule has 0 saturated heterocycles. The minimum atomic E-state index is 0.0923. The van der Waals surface area contributed by atoms with E-state index in [0.29, 0.717) is 19.5 Å². The van der Waals surface area contributed by atoms with E-state index in [0.717, 1.165) is 12.8 Å². The van der Waals surface area contributed by atoms with E-state index in [9.17, 15) is 4.79 Å². The second-order valence-corrected chi connectivity index (χ2v) is 5.42. The van der Waals surface area contributed by atoms with Crippen LogP contribution in [0.25, 0.3) is 0 Å². The highest BCUT2D eigenvalue weighted by Crippen LogP contribution is 2.27. The standard InChI is InChI=1S/C19H24N2O/c20-13-7-8-14-21-19(22)15-18(16-9-3-1-4-10-16)17-11-5-2-6-12-17/h1-6,9-12,18H,7-8,13-15,20H2,(H,21,22). The third-order valence-corrected chi connectivity index (χ3v) is 3.75. The van der Waals surface area contributed by atoms with Gasteiger partial charge in [0.05, 0.1) is 0 Å². The smallest absolute Gasteiger partial charge is 0.220 e. The quantitative estimate of drug-likeness (QED) is 0.736. The molecule has 0 heterocycles. The molecule has 2 rings (SSSR count). The summed E-state index contributed by atoms with van der Waals surface area (Å²) < 4.78 is 0. The molecule has 3 nitrogen and oxygen atoms in total. The highest BCUT2D eigenvalue weighted by atomic mass is 16.1. The van der Waals surface area contributed by atoms with Crippen LogP contribution in [0.3, 0.4) is 0 Å². The largest absolute Gasteiger partial charge is 0.356 e. The van der Waals surface area contributed by atoms with E-state index < -0.39 is 0 Å². The molecule has 0 spiro atoms. The number of nitrogens with one attached hydrogen (secondary N) is 1. The van der Waals surface area contributed by atoms with Crippen LogP contribution in [0.5, 0.6) is 0 Å². The predicted molar refractivity (Wildman–Crippen MR) is 90.6 cm³/mol. The molecule has 3 heteroatoms. The van der Waals surface area contributed by atoms with Gasteiger partial charge >= 0.3 is 0 Å². The Morgan fingerprint density at radius 1 is 0.909 bits per heavy atom. The maximum Gasteiger partial charge on any atom is 0.220 e. The molecule has 116 valence electrons. The lowest BCUT2D eigenvalue weighted by Crippen LogP contribution is -2.26.